The number of rotatable bonds is 9. The molecule has 0 heterocycles. The maximum atomic E-state index is 13.0. The molecule has 27 heavy (non-hydrogen) atoms. The number of carbonyl (C=O) groups excluding carboxylic acids is 1. The van der Waals surface area contributed by atoms with Gasteiger partial charge in [-0.1, -0.05) is 19.1 Å². The summed E-state index contributed by atoms with van der Waals surface area (Å²) in [6, 6.07) is 12.6. The summed E-state index contributed by atoms with van der Waals surface area (Å²) < 4.78 is 43.4. The molecular weight excluding hydrogens is 371 g/mol. The van der Waals surface area contributed by atoms with E-state index in [1.807, 2.05) is 24.3 Å². The van der Waals surface area contributed by atoms with Gasteiger partial charge in [0.1, 0.15) is 24.7 Å². The van der Waals surface area contributed by atoms with Gasteiger partial charge in [-0.15, -0.1) is 0 Å². The predicted octanol–water partition coefficient (Wildman–Crippen LogP) is 2.35. The van der Waals surface area contributed by atoms with Crippen LogP contribution in [0.3, 0.4) is 0 Å². The minimum absolute atomic E-state index is 0.223. The van der Waals surface area contributed by atoms with Crippen molar-refractivity contribution in [2.45, 2.75) is 13.3 Å². The molecule has 0 fully saturated rings. The van der Waals surface area contributed by atoms with Crippen molar-refractivity contribution in [2.75, 3.05) is 30.3 Å². The van der Waals surface area contributed by atoms with Gasteiger partial charge in [-0.3, -0.25) is 9.10 Å². The normalized spacial score (nSPS) is 11.1. The molecule has 0 saturated heterocycles. The third kappa shape index (κ3) is 6.56. The number of amides is 1. The fraction of sp³-hybridized carbons (Fsp3) is 0.316. The van der Waals surface area contributed by atoms with E-state index in [-0.39, 0.29) is 18.8 Å². The number of nitrogens with one attached hydrogen (secondary N) is 1. The quantitative estimate of drug-likeness (QED) is 0.663. The lowest BCUT2D eigenvalue weighted by Gasteiger charge is -2.21. The first kappa shape index (κ1) is 20.7. The Morgan fingerprint density at radius 2 is 1.74 bits per heavy atom. The third-order valence-corrected chi connectivity index (χ3v) is 4.97. The van der Waals surface area contributed by atoms with Crippen LogP contribution >= 0.6 is 0 Å². The van der Waals surface area contributed by atoms with E-state index in [0.29, 0.717) is 5.75 Å². The number of ether oxygens (including phenoxy) is 1. The Morgan fingerprint density at radius 3 is 2.30 bits per heavy atom. The molecule has 0 bridgehead atoms. The second kappa shape index (κ2) is 9.36. The largest absolute Gasteiger partial charge is 0.492 e. The van der Waals surface area contributed by atoms with Crippen molar-refractivity contribution in [3.8, 4) is 5.75 Å². The van der Waals surface area contributed by atoms with Crippen LogP contribution in [0.2, 0.25) is 0 Å². The van der Waals surface area contributed by atoms with Crippen molar-refractivity contribution in [3.63, 3.8) is 0 Å². The summed E-state index contributed by atoms with van der Waals surface area (Å²) >= 11 is 0. The van der Waals surface area contributed by atoms with E-state index < -0.39 is 28.3 Å². The third-order valence-electron chi connectivity index (χ3n) is 3.83. The van der Waals surface area contributed by atoms with E-state index in [1.54, 1.807) is 0 Å². The zero-order chi connectivity index (χ0) is 19.9. The summed E-state index contributed by atoms with van der Waals surface area (Å²) in [6.07, 6.45) is 1.94. The Bertz CT molecular complexity index is 852. The molecule has 0 radical (unpaired) electrons. The SMILES string of the molecule is CCc1ccc(OCCNC(=O)CN(c2ccc(F)cc2)S(C)(=O)=O)cc1. The minimum Gasteiger partial charge on any atom is -0.492 e. The molecule has 2 aromatic rings. The Balaban J connectivity index is 1.85. The number of nitrogens with zero attached hydrogens (tertiary/aromatic N) is 1. The number of aryl methyl sites for hydroxylation is 1. The van der Waals surface area contributed by atoms with Crippen LogP contribution in [0, 0.1) is 5.82 Å². The first-order chi connectivity index (χ1) is 12.8. The Kier molecular flexibility index (Phi) is 7.18. The lowest BCUT2D eigenvalue weighted by molar-refractivity contribution is -0.119. The van der Waals surface area contributed by atoms with Gasteiger partial charge in [-0.2, -0.15) is 0 Å². The topological polar surface area (TPSA) is 75.7 Å². The highest BCUT2D eigenvalue weighted by molar-refractivity contribution is 7.92. The number of hydrogen-bond acceptors (Lipinski definition) is 4. The smallest absolute Gasteiger partial charge is 0.240 e. The molecule has 0 aliphatic carbocycles. The van der Waals surface area contributed by atoms with Crippen LogP contribution in [0.1, 0.15) is 12.5 Å². The van der Waals surface area contributed by atoms with Crippen molar-refractivity contribution < 1.29 is 22.3 Å². The highest BCUT2D eigenvalue weighted by Gasteiger charge is 2.20. The second-order valence-electron chi connectivity index (χ2n) is 5.94. The van der Waals surface area contributed by atoms with Gasteiger partial charge < -0.3 is 10.1 Å². The van der Waals surface area contributed by atoms with E-state index >= 15 is 0 Å². The molecule has 0 saturated carbocycles. The van der Waals surface area contributed by atoms with E-state index in [9.17, 15) is 17.6 Å². The lowest BCUT2D eigenvalue weighted by atomic mass is 10.2. The average molecular weight is 394 g/mol. The zero-order valence-corrected chi connectivity index (χ0v) is 16.1. The highest BCUT2D eigenvalue weighted by atomic mass is 32.2. The molecule has 0 unspecified atom stereocenters. The van der Waals surface area contributed by atoms with Gasteiger partial charge in [-0.25, -0.2) is 12.8 Å². The van der Waals surface area contributed by atoms with Crippen LogP contribution in [0.5, 0.6) is 5.75 Å². The molecule has 0 atom stereocenters. The standard InChI is InChI=1S/C19H23FN2O4S/c1-3-15-4-10-18(11-5-15)26-13-12-21-19(23)14-22(27(2,24)25)17-8-6-16(20)7-9-17/h4-11H,3,12-14H2,1-2H3,(H,21,23). The fourth-order valence-electron chi connectivity index (χ4n) is 2.37. The molecule has 0 aromatic heterocycles. The molecular formula is C19H23FN2O4S. The summed E-state index contributed by atoms with van der Waals surface area (Å²) in [5.41, 5.74) is 1.43. The Hall–Kier alpha value is -2.61. The predicted molar refractivity (Wildman–Crippen MR) is 103 cm³/mol. The first-order valence-electron chi connectivity index (χ1n) is 8.51. The first-order valence-corrected chi connectivity index (χ1v) is 10.4. The van der Waals surface area contributed by atoms with Gasteiger partial charge in [-0.05, 0) is 48.4 Å². The van der Waals surface area contributed by atoms with Gasteiger partial charge >= 0.3 is 0 Å². The molecule has 0 aliphatic rings. The molecule has 146 valence electrons. The molecule has 2 aromatic carbocycles. The van der Waals surface area contributed by atoms with Crippen molar-refractivity contribution in [1.29, 1.82) is 0 Å². The summed E-state index contributed by atoms with van der Waals surface area (Å²) in [6.45, 7) is 2.16. The molecule has 1 N–H and O–H groups in total. The molecule has 6 nitrogen and oxygen atoms in total. The number of benzene rings is 2. The van der Waals surface area contributed by atoms with Crippen LogP contribution in [0.15, 0.2) is 48.5 Å². The number of sulfonamides is 1. The zero-order valence-electron chi connectivity index (χ0n) is 15.3. The van der Waals surface area contributed by atoms with Crippen LogP contribution in [-0.2, 0) is 21.2 Å². The van der Waals surface area contributed by atoms with Gasteiger partial charge in [0, 0.05) is 0 Å². The van der Waals surface area contributed by atoms with Crippen molar-refractivity contribution in [3.05, 3.63) is 59.9 Å². The molecule has 0 aliphatic heterocycles. The number of anilines is 1. The monoisotopic (exact) mass is 394 g/mol. The lowest BCUT2D eigenvalue weighted by Crippen LogP contribution is -2.41. The minimum atomic E-state index is -3.69. The fourth-order valence-corrected chi connectivity index (χ4v) is 3.23. The van der Waals surface area contributed by atoms with Crippen LogP contribution in [-0.4, -0.2) is 40.3 Å². The highest BCUT2D eigenvalue weighted by Crippen LogP contribution is 2.17. The number of hydrogen-bond donors (Lipinski definition) is 1. The van der Waals surface area contributed by atoms with Crippen molar-refractivity contribution in [1.82, 2.24) is 5.32 Å². The molecule has 2 rings (SSSR count). The van der Waals surface area contributed by atoms with Gasteiger partial charge in [0.2, 0.25) is 15.9 Å². The second-order valence-corrected chi connectivity index (χ2v) is 7.85. The van der Waals surface area contributed by atoms with E-state index in [4.69, 9.17) is 4.74 Å². The Morgan fingerprint density at radius 1 is 1.11 bits per heavy atom. The molecule has 0 spiro atoms. The summed E-state index contributed by atoms with van der Waals surface area (Å²) in [4.78, 5) is 12.1. The van der Waals surface area contributed by atoms with Gasteiger partial charge in [0.05, 0.1) is 18.5 Å². The summed E-state index contributed by atoms with van der Waals surface area (Å²) in [7, 11) is -3.69. The van der Waals surface area contributed by atoms with E-state index in [2.05, 4.69) is 12.2 Å². The van der Waals surface area contributed by atoms with Crippen LogP contribution in [0.4, 0.5) is 10.1 Å². The number of halogens is 1. The average Bonchev–Trinajstić information content (AvgIpc) is 2.64. The molecule has 8 heteroatoms. The maximum Gasteiger partial charge on any atom is 0.240 e. The summed E-state index contributed by atoms with van der Waals surface area (Å²) in [5.74, 6) is -0.263. The maximum absolute atomic E-state index is 13.0. The van der Waals surface area contributed by atoms with Crippen molar-refractivity contribution >= 4 is 21.6 Å². The number of carbonyl (C=O) groups is 1. The van der Waals surface area contributed by atoms with Gasteiger partial charge in [0.15, 0.2) is 0 Å². The Labute approximate surface area is 159 Å². The summed E-state index contributed by atoms with van der Waals surface area (Å²) in [5, 5.41) is 2.62. The van der Waals surface area contributed by atoms with Crippen LogP contribution < -0.4 is 14.4 Å². The van der Waals surface area contributed by atoms with E-state index in [1.165, 1.54) is 17.7 Å². The van der Waals surface area contributed by atoms with Crippen molar-refractivity contribution in [2.24, 2.45) is 0 Å². The van der Waals surface area contributed by atoms with Crippen LogP contribution in [0.25, 0.3) is 0 Å². The van der Waals surface area contributed by atoms with Gasteiger partial charge in [0.25, 0.3) is 0 Å². The van der Waals surface area contributed by atoms with E-state index in [0.717, 1.165) is 29.1 Å². The molecule has 1 amide bonds.